The first kappa shape index (κ1) is 19.5. The number of anilines is 4. The van der Waals surface area contributed by atoms with E-state index in [-0.39, 0.29) is 12.5 Å². The molecule has 2 heterocycles. The van der Waals surface area contributed by atoms with Crippen LogP contribution in [0.15, 0.2) is 54.6 Å². The summed E-state index contributed by atoms with van der Waals surface area (Å²) in [4.78, 5) is 23.4. The van der Waals surface area contributed by atoms with Gasteiger partial charge in [0.2, 0.25) is 12.1 Å². The Labute approximate surface area is 174 Å². The molecule has 0 radical (unpaired) electrons. The van der Waals surface area contributed by atoms with Crippen molar-refractivity contribution in [2.75, 3.05) is 36.2 Å². The molecule has 154 valence electrons. The number of fused-ring (bicyclic) bond motifs is 1. The Kier molecular flexibility index (Phi) is 5.38. The van der Waals surface area contributed by atoms with Crippen LogP contribution in [-0.2, 0) is 4.79 Å². The first-order chi connectivity index (χ1) is 14.5. The summed E-state index contributed by atoms with van der Waals surface area (Å²) in [7, 11) is 3.87. The number of carbonyl (C=O) groups excluding carboxylic acids is 1. The van der Waals surface area contributed by atoms with Gasteiger partial charge in [-0.05, 0) is 43.3 Å². The average Bonchev–Trinajstić information content (AvgIpc) is 2.74. The third-order valence-corrected chi connectivity index (χ3v) is 4.51. The Bertz CT molecular complexity index is 1050. The Morgan fingerprint density at radius 1 is 1.03 bits per heavy atom. The summed E-state index contributed by atoms with van der Waals surface area (Å²) in [6, 6.07) is 16.5. The molecule has 3 aromatic rings. The number of amides is 1. The van der Waals surface area contributed by atoms with Crippen LogP contribution in [0.4, 0.5) is 23.1 Å². The predicted octanol–water partition coefficient (Wildman–Crippen LogP) is 3.37. The molecule has 0 aliphatic carbocycles. The van der Waals surface area contributed by atoms with E-state index in [1.54, 1.807) is 18.2 Å². The van der Waals surface area contributed by atoms with Gasteiger partial charge in [0, 0.05) is 37.2 Å². The molecule has 1 aliphatic heterocycles. The number of nitrogens with zero attached hydrogens (tertiary/aromatic N) is 3. The summed E-state index contributed by atoms with van der Waals surface area (Å²) in [6.45, 7) is 2.09. The van der Waals surface area contributed by atoms with Crippen LogP contribution in [0.2, 0.25) is 0 Å². The molecule has 2 N–H and O–H groups in total. The lowest BCUT2D eigenvalue weighted by atomic mass is 10.2. The second-order valence-electron chi connectivity index (χ2n) is 7.14. The molecule has 1 atom stereocenters. The maximum atomic E-state index is 12.5. The van der Waals surface area contributed by atoms with Gasteiger partial charge in [-0.3, -0.25) is 4.79 Å². The number of para-hydroxylation sites is 2. The van der Waals surface area contributed by atoms with Crippen molar-refractivity contribution < 1.29 is 14.3 Å². The zero-order valence-corrected chi connectivity index (χ0v) is 17.0. The highest BCUT2D eigenvalue weighted by atomic mass is 16.6. The van der Waals surface area contributed by atoms with Crippen molar-refractivity contribution in [1.82, 2.24) is 9.97 Å². The van der Waals surface area contributed by atoms with Gasteiger partial charge in [-0.15, -0.1) is 0 Å². The Morgan fingerprint density at radius 2 is 1.73 bits per heavy atom. The zero-order valence-electron chi connectivity index (χ0n) is 17.0. The monoisotopic (exact) mass is 405 g/mol. The molecule has 2 aromatic carbocycles. The van der Waals surface area contributed by atoms with Crippen LogP contribution >= 0.6 is 0 Å². The minimum atomic E-state index is -0.706. The maximum absolute atomic E-state index is 12.5. The van der Waals surface area contributed by atoms with Crippen molar-refractivity contribution >= 4 is 29.0 Å². The van der Waals surface area contributed by atoms with E-state index in [2.05, 4.69) is 20.6 Å². The van der Waals surface area contributed by atoms with Crippen LogP contribution in [-0.4, -0.2) is 42.7 Å². The van der Waals surface area contributed by atoms with E-state index < -0.39 is 6.10 Å². The summed E-state index contributed by atoms with van der Waals surface area (Å²) >= 11 is 0. The van der Waals surface area contributed by atoms with Gasteiger partial charge in [-0.2, -0.15) is 4.98 Å². The number of ether oxygens (including phenoxy) is 2. The number of hydrogen-bond donors (Lipinski definition) is 2. The number of hydrogen-bond acceptors (Lipinski definition) is 7. The highest BCUT2D eigenvalue weighted by Crippen LogP contribution is 2.31. The molecular weight excluding hydrogens is 382 g/mol. The van der Waals surface area contributed by atoms with Crippen LogP contribution in [0, 0.1) is 6.92 Å². The van der Waals surface area contributed by atoms with E-state index in [1.165, 1.54) is 0 Å². The van der Waals surface area contributed by atoms with Crippen LogP contribution < -0.4 is 25.0 Å². The van der Waals surface area contributed by atoms with Crippen molar-refractivity contribution in [2.45, 2.75) is 13.0 Å². The normalized spacial score (nSPS) is 14.7. The molecule has 1 aliphatic rings. The molecule has 8 nitrogen and oxygen atoms in total. The molecule has 0 bridgehead atoms. The van der Waals surface area contributed by atoms with Crippen molar-refractivity contribution in [3.8, 4) is 11.5 Å². The molecule has 1 aromatic heterocycles. The summed E-state index contributed by atoms with van der Waals surface area (Å²) < 4.78 is 11.3. The van der Waals surface area contributed by atoms with Crippen LogP contribution in [0.5, 0.6) is 11.5 Å². The third kappa shape index (κ3) is 4.43. The molecule has 0 spiro atoms. The Morgan fingerprint density at radius 3 is 2.47 bits per heavy atom. The molecule has 4 rings (SSSR count). The lowest BCUT2D eigenvalue weighted by molar-refractivity contribution is -0.125. The van der Waals surface area contributed by atoms with E-state index in [4.69, 9.17) is 9.47 Å². The molecule has 0 fully saturated rings. The minimum Gasteiger partial charge on any atom is -0.485 e. The number of aryl methyl sites for hydroxylation is 1. The molecule has 0 saturated carbocycles. The maximum Gasteiger partial charge on any atom is 0.269 e. The van der Waals surface area contributed by atoms with Gasteiger partial charge < -0.3 is 25.0 Å². The lowest BCUT2D eigenvalue weighted by Gasteiger charge is -2.25. The van der Waals surface area contributed by atoms with E-state index in [9.17, 15) is 4.79 Å². The second kappa shape index (κ2) is 8.28. The number of rotatable bonds is 5. The minimum absolute atomic E-state index is 0.168. The smallest absolute Gasteiger partial charge is 0.269 e. The van der Waals surface area contributed by atoms with Crippen molar-refractivity contribution in [2.24, 2.45) is 0 Å². The predicted molar refractivity (Wildman–Crippen MR) is 116 cm³/mol. The highest BCUT2D eigenvalue weighted by Gasteiger charge is 2.27. The molecule has 0 saturated heterocycles. The highest BCUT2D eigenvalue weighted by molar-refractivity contribution is 5.94. The van der Waals surface area contributed by atoms with Gasteiger partial charge in [0.05, 0.1) is 0 Å². The lowest BCUT2D eigenvalue weighted by Crippen LogP contribution is -2.40. The topological polar surface area (TPSA) is 88.6 Å². The molecule has 8 heteroatoms. The summed E-state index contributed by atoms with van der Waals surface area (Å²) in [5.74, 6) is 2.29. The fourth-order valence-corrected chi connectivity index (χ4v) is 2.97. The van der Waals surface area contributed by atoms with E-state index in [0.717, 1.165) is 17.2 Å². The first-order valence-electron chi connectivity index (χ1n) is 9.57. The van der Waals surface area contributed by atoms with Crippen LogP contribution in [0.3, 0.4) is 0 Å². The number of nitrogens with one attached hydrogen (secondary N) is 2. The Balaban J connectivity index is 1.39. The summed E-state index contributed by atoms with van der Waals surface area (Å²) in [6.07, 6.45) is -0.706. The molecule has 30 heavy (non-hydrogen) atoms. The van der Waals surface area contributed by atoms with Gasteiger partial charge in [-0.25, -0.2) is 4.98 Å². The summed E-state index contributed by atoms with van der Waals surface area (Å²) in [5, 5.41) is 6.05. The number of carbonyl (C=O) groups is 1. The molecule has 1 amide bonds. The Hall–Kier alpha value is -3.81. The van der Waals surface area contributed by atoms with Crippen molar-refractivity contribution in [1.29, 1.82) is 0 Å². The van der Waals surface area contributed by atoms with E-state index >= 15 is 0 Å². The van der Waals surface area contributed by atoms with E-state index in [1.807, 2.05) is 62.3 Å². The third-order valence-electron chi connectivity index (χ3n) is 4.51. The van der Waals surface area contributed by atoms with E-state index in [0.29, 0.717) is 23.1 Å². The van der Waals surface area contributed by atoms with Gasteiger partial charge in [0.1, 0.15) is 12.4 Å². The van der Waals surface area contributed by atoms with Crippen LogP contribution in [0.25, 0.3) is 0 Å². The fourth-order valence-electron chi connectivity index (χ4n) is 2.97. The van der Waals surface area contributed by atoms with Gasteiger partial charge in [0.15, 0.2) is 11.5 Å². The summed E-state index contributed by atoms with van der Waals surface area (Å²) in [5.41, 5.74) is 2.35. The largest absolute Gasteiger partial charge is 0.485 e. The second-order valence-corrected chi connectivity index (χ2v) is 7.14. The van der Waals surface area contributed by atoms with Crippen molar-refractivity contribution in [3.05, 3.63) is 60.3 Å². The number of aromatic nitrogens is 2. The van der Waals surface area contributed by atoms with Gasteiger partial charge in [-0.1, -0.05) is 12.1 Å². The quantitative estimate of drug-likeness (QED) is 0.673. The number of benzene rings is 2. The zero-order chi connectivity index (χ0) is 21.1. The van der Waals surface area contributed by atoms with Crippen molar-refractivity contribution in [3.63, 3.8) is 0 Å². The van der Waals surface area contributed by atoms with Gasteiger partial charge >= 0.3 is 0 Å². The van der Waals surface area contributed by atoms with Gasteiger partial charge in [0.25, 0.3) is 5.91 Å². The average molecular weight is 405 g/mol. The SMILES string of the molecule is Cc1cc(N(C)C)nc(Nc2ccc(NC(=O)[C@@H]3COc4ccccc4O3)cc2)n1. The fraction of sp³-hybridized carbons (Fsp3) is 0.227. The molecule has 0 unspecified atom stereocenters. The first-order valence-corrected chi connectivity index (χ1v) is 9.57. The van der Waals surface area contributed by atoms with Crippen LogP contribution in [0.1, 0.15) is 5.69 Å². The standard InChI is InChI=1S/C22H23N5O3/c1-14-12-20(27(2)3)26-22(23-14)25-16-10-8-15(9-11-16)24-21(28)19-13-29-17-6-4-5-7-18(17)30-19/h4-12,19H,13H2,1-3H3,(H,24,28)(H,23,25,26)/t19-/m0/s1. The molecular formula is C22H23N5O3.